The number of amides is 2. The average Bonchev–Trinajstić information content (AvgIpc) is 2.72. The van der Waals surface area contributed by atoms with Gasteiger partial charge in [-0.3, -0.25) is 0 Å². The Bertz CT molecular complexity index is 723. The first-order valence-corrected chi connectivity index (χ1v) is 9.27. The number of anilines is 1. The lowest BCUT2D eigenvalue weighted by atomic mass is 10.2. The van der Waals surface area contributed by atoms with E-state index >= 15 is 0 Å². The van der Waals surface area contributed by atoms with Gasteiger partial charge in [0, 0.05) is 31.9 Å². The van der Waals surface area contributed by atoms with E-state index in [-0.39, 0.29) is 6.03 Å². The second kappa shape index (κ2) is 9.16. The molecule has 6 nitrogen and oxygen atoms in total. The third-order valence-electron chi connectivity index (χ3n) is 4.67. The Hall–Kier alpha value is -2.89. The highest BCUT2D eigenvalue weighted by molar-refractivity contribution is 5.74. The van der Waals surface area contributed by atoms with Gasteiger partial charge < -0.3 is 24.6 Å². The number of urea groups is 1. The molecule has 0 saturated carbocycles. The van der Waals surface area contributed by atoms with E-state index in [0.29, 0.717) is 26.2 Å². The van der Waals surface area contributed by atoms with Crippen molar-refractivity contribution in [1.82, 2.24) is 10.2 Å². The van der Waals surface area contributed by atoms with Crippen molar-refractivity contribution >= 4 is 11.7 Å². The highest BCUT2D eigenvalue weighted by atomic mass is 16.5. The molecule has 6 heteroatoms. The SMILES string of the molecule is COc1ccc(N2CCN(C(=O)NCCOc3ccc(C)cc3)CC2)cc1. The topological polar surface area (TPSA) is 54.0 Å². The summed E-state index contributed by atoms with van der Waals surface area (Å²) in [5.41, 5.74) is 2.35. The first-order chi connectivity index (χ1) is 13.2. The number of nitrogens with one attached hydrogen (secondary N) is 1. The quantitative estimate of drug-likeness (QED) is 0.796. The molecule has 2 amide bonds. The normalized spacial score (nSPS) is 14.0. The molecule has 0 spiro atoms. The van der Waals surface area contributed by atoms with Crippen LogP contribution in [0.2, 0.25) is 0 Å². The van der Waals surface area contributed by atoms with Crippen LogP contribution in [-0.4, -0.2) is 57.4 Å². The zero-order chi connectivity index (χ0) is 19.1. The highest BCUT2D eigenvalue weighted by Gasteiger charge is 2.21. The van der Waals surface area contributed by atoms with E-state index in [2.05, 4.69) is 22.3 Å². The Morgan fingerprint density at radius 2 is 1.59 bits per heavy atom. The molecule has 0 atom stereocenters. The summed E-state index contributed by atoms with van der Waals surface area (Å²) in [5.74, 6) is 1.67. The van der Waals surface area contributed by atoms with Gasteiger partial charge in [-0.05, 0) is 43.3 Å². The number of methoxy groups -OCH3 is 1. The van der Waals surface area contributed by atoms with Crippen molar-refractivity contribution in [2.45, 2.75) is 6.92 Å². The third-order valence-corrected chi connectivity index (χ3v) is 4.67. The summed E-state index contributed by atoms with van der Waals surface area (Å²) >= 11 is 0. The second-order valence-electron chi connectivity index (χ2n) is 6.57. The van der Waals surface area contributed by atoms with Gasteiger partial charge in [0.2, 0.25) is 0 Å². The molecular formula is C21H27N3O3. The Balaban J connectivity index is 1.37. The molecule has 0 bridgehead atoms. The van der Waals surface area contributed by atoms with Crippen LogP contribution in [0.4, 0.5) is 10.5 Å². The molecule has 0 aliphatic carbocycles. The lowest BCUT2D eigenvalue weighted by Gasteiger charge is -2.36. The fourth-order valence-electron chi connectivity index (χ4n) is 3.03. The van der Waals surface area contributed by atoms with Crippen LogP contribution in [0.25, 0.3) is 0 Å². The monoisotopic (exact) mass is 369 g/mol. The number of ether oxygens (including phenoxy) is 2. The molecular weight excluding hydrogens is 342 g/mol. The zero-order valence-corrected chi connectivity index (χ0v) is 16.0. The molecule has 3 rings (SSSR count). The number of benzene rings is 2. The lowest BCUT2D eigenvalue weighted by molar-refractivity contribution is 0.191. The Morgan fingerprint density at radius 3 is 2.22 bits per heavy atom. The first kappa shape index (κ1) is 18.9. The van der Waals surface area contributed by atoms with E-state index < -0.39 is 0 Å². The Morgan fingerprint density at radius 1 is 0.963 bits per heavy atom. The van der Waals surface area contributed by atoms with E-state index in [4.69, 9.17) is 9.47 Å². The Kier molecular flexibility index (Phi) is 6.41. The summed E-state index contributed by atoms with van der Waals surface area (Å²) in [6, 6.07) is 15.9. The van der Waals surface area contributed by atoms with Crippen LogP contribution in [-0.2, 0) is 0 Å². The molecule has 0 radical (unpaired) electrons. The van der Waals surface area contributed by atoms with E-state index in [0.717, 1.165) is 30.3 Å². The molecule has 0 unspecified atom stereocenters. The minimum Gasteiger partial charge on any atom is -0.497 e. The van der Waals surface area contributed by atoms with Gasteiger partial charge in [0.25, 0.3) is 0 Å². The maximum absolute atomic E-state index is 12.3. The van der Waals surface area contributed by atoms with Crippen molar-refractivity contribution in [3.63, 3.8) is 0 Å². The van der Waals surface area contributed by atoms with Crippen LogP contribution in [0.15, 0.2) is 48.5 Å². The lowest BCUT2D eigenvalue weighted by Crippen LogP contribution is -2.52. The van der Waals surface area contributed by atoms with Crippen LogP contribution in [0.5, 0.6) is 11.5 Å². The molecule has 27 heavy (non-hydrogen) atoms. The van der Waals surface area contributed by atoms with Gasteiger partial charge in [-0.25, -0.2) is 4.79 Å². The summed E-state index contributed by atoms with van der Waals surface area (Å²) in [4.78, 5) is 16.4. The molecule has 1 fully saturated rings. The minimum absolute atomic E-state index is 0.0307. The van der Waals surface area contributed by atoms with Crippen molar-refractivity contribution in [3.8, 4) is 11.5 Å². The standard InChI is InChI=1S/C21H27N3O3/c1-17-3-7-20(8-4-17)27-16-11-22-21(25)24-14-12-23(13-15-24)18-5-9-19(26-2)10-6-18/h3-10H,11-16H2,1-2H3,(H,22,25). The molecule has 1 saturated heterocycles. The van der Waals surface area contributed by atoms with Gasteiger partial charge in [0.1, 0.15) is 18.1 Å². The number of rotatable bonds is 6. The van der Waals surface area contributed by atoms with Crippen LogP contribution < -0.4 is 19.7 Å². The predicted octanol–water partition coefficient (Wildman–Crippen LogP) is 2.91. The summed E-state index contributed by atoms with van der Waals surface area (Å²) in [6.45, 7) is 6.04. The molecule has 1 heterocycles. The second-order valence-corrected chi connectivity index (χ2v) is 6.57. The maximum Gasteiger partial charge on any atom is 0.317 e. The van der Waals surface area contributed by atoms with Gasteiger partial charge in [0.15, 0.2) is 0 Å². The van der Waals surface area contributed by atoms with Gasteiger partial charge in [-0.15, -0.1) is 0 Å². The highest BCUT2D eigenvalue weighted by Crippen LogP contribution is 2.20. The number of carbonyl (C=O) groups is 1. The van der Waals surface area contributed by atoms with Gasteiger partial charge in [-0.2, -0.15) is 0 Å². The Labute approximate surface area is 160 Å². The fraction of sp³-hybridized carbons (Fsp3) is 0.381. The largest absolute Gasteiger partial charge is 0.497 e. The van der Waals surface area contributed by atoms with E-state index in [1.165, 1.54) is 5.56 Å². The number of hydrogen-bond acceptors (Lipinski definition) is 4. The van der Waals surface area contributed by atoms with Crippen LogP contribution in [0.3, 0.4) is 0 Å². The molecule has 2 aromatic rings. The van der Waals surface area contributed by atoms with E-state index in [1.54, 1.807) is 7.11 Å². The predicted molar refractivity (Wildman–Crippen MR) is 107 cm³/mol. The first-order valence-electron chi connectivity index (χ1n) is 9.27. The van der Waals surface area contributed by atoms with Crippen molar-refractivity contribution < 1.29 is 14.3 Å². The number of piperazine rings is 1. The number of hydrogen-bond donors (Lipinski definition) is 1. The maximum atomic E-state index is 12.3. The van der Waals surface area contributed by atoms with Crippen molar-refractivity contribution in [2.75, 3.05) is 51.3 Å². The molecule has 0 aromatic heterocycles. The average molecular weight is 369 g/mol. The van der Waals surface area contributed by atoms with Crippen molar-refractivity contribution in [1.29, 1.82) is 0 Å². The third kappa shape index (κ3) is 5.29. The minimum atomic E-state index is -0.0307. The van der Waals surface area contributed by atoms with E-state index in [9.17, 15) is 4.79 Å². The summed E-state index contributed by atoms with van der Waals surface area (Å²) < 4.78 is 10.8. The van der Waals surface area contributed by atoms with Gasteiger partial charge in [0.05, 0.1) is 13.7 Å². The molecule has 1 N–H and O–H groups in total. The van der Waals surface area contributed by atoms with Crippen molar-refractivity contribution in [2.24, 2.45) is 0 Å². The van der Waals surface area contributed by atoms with Gasteiger partial charge >= 0.3 is 6.03 Å². The zero-order valence-electron chi connectivity index (χ0n) is 16.0. The molecule has 144 valence electrons. The molecule has 1 aliphatic heterocycles. The summed E-state index contributed by atoms with van der Waals surface area (Å²) in [6.07, 6.45) is 0. The number of aryl methyl sites for hydroxylation is 1. The summed E-state index contributed by atoms with van der Waals surface area (Å²) in [5, 5.41) is 2.93. The van der Waals surface area contributed by atoms with Crippen LogP contribution in [0, 0.1) is 6.92 Å². The number of nitrogens with zero attached hydrogens (tertiary/aromatic N) is 2. The molecule has 1 aliphatic rings. The van der Waals surface area contributed by atoms with Crippen molar-refractivity contribution in [3.05, 3.63) is 54.1 Å². The van der Waals surface area contributed by atoms with E-state index in [1.807, 2.05) is 48.2 Å². The number of carbonyl (C=O) groups excluding carboxylic acids is 1. The fourth-order valence-corrected chi connectivity index (χ4v) is 3.03. The van der Waals surface area contributed by atoms with Crippen LogP contribution >= 0.6 is 0 Å². The van der Waals surface area contributed by atoms with Gasteiger partial charge in [-0.1, -0.05) is 17.7 Å². The van der Waals surface area contributed by atoms with Crippen LogP contribution in [0.1, 0.15) is 5.56 Å². The summed E-state index contributed by atoms with van der Waals surface area (Å²) in [7, 11) is 1.66. The smallest absolute Gasteiger partial charge is 0.317 e. The molecule has 2 aromatic carbocycles.